The SMILES string of the molecule is CCN(CCNC(=O)[C@H](CS)NC(=O)[C@H](CO)NC(=O)[C@@H](NC(=O)[C@H](Cc1ccccc1)NC(=O)[C@@H](NC(=O)[C@H](CCCCN)NC(=O)[C@@H](Cc1c[nH]c2ccccc12)NC(=O)[C@H](Cc1ccccc1)NC(=O)[C@H](Cc1ccccc1)NC(=O)[C@H](CC(N)=O)NC(=O)[C@H](CCCCN)NC(=O)[C@H](CS)NC(=O)CN)[C@@H](C)O)[C@@H](C)O)[C@@H](N)C(=O)O. The Morgan fingerprint density at radius 1 is 0.442 bits per heavy atom. The van der Waals surface area contributed by atoms with Gasteiger partial charge >= 0.3 is 5.97 Å². The highest BCUT2D eigenvalue weighted by Gasteiger charge is 2.40. The number of carbonyl (C=O) groups is 15. The second-order valence-corrected chi connectivity index (χ2v) is 29.2. The van der Waals surface area contributed by atoms with Crippen molar-refractivity contribution in [2.45, 2.75) is 182 Å². The molecule has 4 aromatic carbocycles. The number of nitrogens with zero attached hydrogens (tertiary/aromatic N) is 1. The number of carboxylic acid groups (broad SMARTS) is 1. The zero-order chi connectivity index (χ0) is 88.5. The lowest BCUT2D eigenvalue weighted by atomic mass is 10.00. The van der Waals surface area contributed by atoms with E-state index >= 15 is 14.4 Å². The number of unbranched alkanes of at least 4 members (excludes halogenated alkanes) is 2. The van der Waals surface area contributed by atoms with E-state index in [9.17, 15) is 78.0 Å². The Morgan fingerprint density at radius 3 is 1.22 bits per heavy atom. The largest absolute Gasteiger partial charge is 0.479 e. The first kappa shape index (κ1) is 99.4. The highest BCUT2D eigenvalue weighted by molar-refractivity contribution is 7.80. The molecule has 0 aliphatic rings. The number of primary amides is 1. The molecule has 39 nitrogen and oxygen atoms in total. The minimum atomic E-state index is -1.92. The number of para-hydroxylation sites is 1. The molecule has 656 valence electrons. The molecule has 14 amide bonds. The van der Waals surface area contributed by atoms with Gasteiger partial charge in [0.2, 0.25) is 82.7 Å². The predicted molar refractivity (Wildman–Crippen MR) is 448 cm³/mol. The summed E-state index contributed by atoms with van der Waals surface area (Å²) >= 11 is 8.31. The number of rotatable bonds is 54. The molecule has 1 heterocycles. The van der Waals surface area contributed by atoms with Crippen molar-refractivity contribution in [3.05, 3.63) is 144 Å². The number of amides is 14. The number of carboxylic acids is 1. The van der Waals surface area contributed by atoms with E-state index in [1.54, 1.807) is 128 Å². The van der Waals surface area contributed by atoms with Crippen molar-refractivity contribution < 1.29 is 92.3 Å². The second-order valence-electron chi connectivity index (χ2n) is 28.5. The van der Waals surface area contributed by atoms with Crippen LogP contribution in [-0.4, -0.2) is 267 Å². The van der Waals surface area contributed by atoms with Crippen LogP contribution < -0.4 is 97.8 Å². The van der Waals surface area contributed by atoms with Crippen LogP contribution >= 0.6 is 25.3 Å². The Balaban J connectivity index is 1.45. The van der Waals surface area contributed by atoms with Crippen LogP contribution in [0.25, 0.3) is 10.9 Å². The number of hydrogen-bond acceptors (Lipinski definition) is 25. The standard InChI is InChI=1S/C79H114N20O19S2/c1-4-99(66(84)79(117)118)33-32-85-67(105)60(42-119)96-75(113)59(41-100)95-78(116)65(45(3)102)98-74(112)56(36-48-24-12-7-13-25-48)94-77(115)64(44(2)101)97-69(107)53(29-17-19-31-81)88-72(110)57(37-49-40-86-51-27-15-14-26-50(49)51)92-71(109)55(35-47-22-10-6-11-23-47)90-70(108)54(34-46-20-8-5-9-21-46)91-73(111)58(38-62(83)103)93-68(106)52(28-16-18-30-80)89-76(114)61(43-120)87-63(104)39-82/h5-15,20-27,40,44-45,52-61,64-66,86,100-102,119-120H,4,16-19,28-39,41-43,80-82,84H2,1-3H3,(H2,83,103)(H,85,105)(H,87,104)(H,88,110)(H,89,114)(H,90,108)(H,91,111)(H,92,109)(H,93,106)(H,94,115)(H,95,116)(H,96,113)(H,97,107)(H,98,112)(H,117,118)/t44-,45-,52+,53+,54+,55+,56+,57-,58+,59+,60+,61+,64+,65+,66-/m1/s1. The molecule has 0 fully saturated rings. The van der Waals surface area contributed by atoms with Crippen LogP contribution in [0, 0.1) is 0 Å². The number of carbonyl (C=O) groups excluding carboxylic acids is 14. The normalized spacial score (nSPS) is 15.0. The van der Waals surface area contributed by atoms with E-state index < -0.39 is 199 Å². The average molecular weight is 1710 g/mol. The molecule has 1 aromatic heterocycles. The summed E-state index contributed by atoms with van der Waals surface area (Å²) in [5.74, 6) is -15.8. The van der Waals surface area contributed by atoms with E-state index in [0.29, 0.717) is 46.0 Å². The lowest BCUT2D eigenvalue weighted by molar-refractivity contribution is -0.143. The zero-order valence-corrected chi connectivity index (χ0v) is 68.8. The number of benzene rings is 4. The lowest BCUT2D eigenvalue weighted by Gasteiger charge is -2.29. The van der Waals surface area contributed by atoms with Gasteiger partial charge in [-0.25, -0.2) is 4.79 Å². The van der Waals surface area contributed by atoms with Crippen molar-refractivity contribution in [1.82, 2.24) is 79.0 Å². The van der Waals surface area contributed by atoms with E-state index in [4.69, 9.17) is 28.7 Å². The van der Waals surface area contributed by atoms with Gasteiger partial charge < -0.3 is 123 Å². The number of fused-ring (bicyclic) bond motifs is 1. The van der Waals surface area contributed by atoms with Gasteiger partial charge in [-0.3, -0.25) is 72.0 Å². The number of hydrogen-bond donors (Lipinski definition) is 25. The van der Waals surface area contributed by atoms with Gasteiger partial charge in [0.05, 0.1) is 31.8 Å². The molecule has 15 atom stereocenters. The molecule has 120 heavy (non-hydrogen) atoms. The number of aliphatic hydroxyl groups is 3. The minimum absolute atomic E-state index is 0.00536. The van der Waals surface area contributed by atoms with E-state index in [-0.39, 0.29) is 95.6 Å². The van der Waals surface area contributed by atoms with Gasteiger partial charge in [-0.1, -0.05) is 116 Å². The topological polar surface area (TPSA) is 642 Å². The smallest absolute Gasteiger partial charge is 0.335 e. The molecule has 0 unspecified atom stereocenters. The van der Waals surface area contributed by atoms with Crippen LogP contribution in [-0.2, 0) is 97.6 Å². The number of nitrogens with one attached hydrogen (secondary N) is 14. The summed E-state index contributed by atoms with van der Waals surface area (Å²) in [6.07, 6.45) is -4.25. The second kappa shape index (κ2) is 52.0. The van der Waals surface area contributed by atoms with Gasteiger partial charge in [-0.15, -0.1) is 0 Å². The fraction of sp³-hybridized carbons (Fsp3) is 0.481. The Kier molecular flexibility index (Phi) is 43.1. The fourth-order valence-electron chi connectivity index (χ4n) is 12.5. The van der Waals surface area contributed by atoms with E-state index in [2.05, 4.69) is 99.4 Å². The molecule has 28 N–H and O–H groups in total. The summed E-state index contributed by atoms with van der Waals surface area (Å²) in [5, 5.41) is 75.4. The maximum Gasteiger partial charge on any atom is 0.335 e. The summed E-state index contributed by atoms with van der Waals surface area (Å²) in [6.45, 7) is 2.83. The van der Waals surface area contributed by atoms with Crippen LogP contribution in [0.3, 0.4) is 0 Å². The number of aliphatic hydroxyl groups excluding tert-OH is 3. The van der Waals surface area contributed by atoms with E-state index in [1.807, 2.05) is 0 Å². The molecule has 0 bridgehead atoms. The molecule has 0 spiro atoms. The molecule has 5 rings (SSSR count). The number of thiol groups is 2. The zero-order valence-electron chi connectivity index (χ0n) is 67.0. The number of aliphatic carboxylic acids is 1. The van der Waals surface area contributed by atoms with Gasteiger partial charge in [0, 0.05) is 67.4 Å². The number of likely N-dealkylation sites (N-methyl/N-ethyl adjacent to an activating group) is 1. The van der Waals surface area contributed by atoms with E-state index in [0.717, 1.165) is 13.8 Å². The highest BCUT2D eigenvalue weighted by Crippen LogP contribution is 2.21. The number of H-pyrrole nitrogens is 1. The summed E-state index contributed by atoms with van der Waals surface area (Å²) in [6, 6.07) is 12.3. The lowest BCUT2D eigenvalue weighted by Crippen LogP contribution is -2.63. The van der Waals surface area contributed by atoms with Crippen LogP contribution in [0.15, 0.2) is 121 Å². The minimum Gasteiger partial charge on any atom is -0.479 e. The summed E-state index contributed by atoms with van der Waals surface area (Å²) in [5.41, 5.74) is 31.0. The van der Waals surface area contributed by atoms with Gasteiger partial charge in [0.1, 0.15) is 72.5 Å². The molecule has 0 aliphatic carbocycles. The Hall–Kier alpha value is -11.1. The average Bonchev–Trinajstić information content (AvgIpc) is 1.75. The third-order valence-electron chi connectivity index (χ3n) is 19.2. The molecule has 0 saturated heterocycles. The van der Waals surface area contributed by atoms with Crippen LogP contribution in [0.5, 0.6) is 0 Å². The molecule has 0 radical (unpaired) electrons. The first-order valence-corrected chi connectivity index (χ1v) is 40.4. The Morgan fingerprint density at radius 2 is 0.800 bits per heavy atom. The van der Waals surface area contributed by atoms with Crippen molar-refractivity contribution in [2.24, 2.45) is 28.7 Å². The summed E-state index contributed by atoms with van der Waals surface area (Å²) in [4.78, 5) is 214. The molecule has 41 heteroatoms. The van der Waals surface area contributed by atoms with Gasteiger partial charge in [0.15, 0.2) is 6.17 Å². The van der Waals surface area contributed by atoms with Crippen molar-refractivity contribution in [2.75, 3.05) is 57.4 Å². The Bertz CT molecular complexity index is 4210. The maximum absolute atomic E-state index is 15.4. The van der Waals surface area contributed by atoms with Crippen LogP contribution in [0.2, 0.25) is 0 Å². The molecule has 5 aromatic rings. The van der Waals surface area contributed by atoms with Crippen molar-refractivity contribution in [3.8, 4) is 0 Å². The first-order chi connectivity index (χ1) is 57.3. The number of aromatic nitrogens is 1. The Labute approximate surface area is 704 Å². The first-order valence-electron chi connectivity index (χ1n) is 39.2. The van der Waals surface area contributed by atoms with Gasteiger partial charge in [-0.05, 0) is 100 Å². The summed E-state index contributed by atoms with van der Waals surface area (Å²) < 4.78 is 0. The van der Waals surface area contributed by atoms with Gasteiger partial charge in [-0.2, -0.15) is 25.3 Å². The van der Waals surface area contributed by atoms with Crippen LogP contribution in [0.1, 0.15) is 88.0 Å². The van der Waals surface area contributed by atoms with Crippen molar-refractivity contribution >= 4 is 125 Å². The third-order valence-corrected chi connectivity index (χ3v) is 19.9. The number of aromatic amines is 1. The fourth-order valence-corrected chi connectivity index (χ4v) is 13.0. The molecular weight excluding hydrogens is 1600 g/mol. The van der Waals surface area contributed by atoms with Gasteiger partial charge in [0.25, 0.3) is 0 Å². The quantitative estimate of drug-likeness (QED) is 0.00978. The molecule has 0 saturated carbocycles. The van der Waals surface area contributed by atoms with Crippen LogP contribution in [0.4, 0.5) is 0 Å². The monoisotopic (exact) mass is 1710 g/mol. The number of nitrogens with two attached hydrogens (primary N) is 5. The summed E-state index contributed by atoms with van der Waals surface area (Å²) in [7, 11) is 0. The van der Waals surface area contributed by atoms with Crippen molar-refractivity contribution in [3.63, 3.8) is 0 Å². The third kappa shape index (κ3) is 32.9. The molecule has 0 aliphatic heterocycles. The van der Waals surface area contributed by atoms with E-state index in [1.165, 1.54) is 4.90 Å². The van der Waals surface area contributed by atoms with Crippen molar-refractivity contribution in [1.29, 1.82) is 0 Å². The maximum atomic E-state index is 15.4. The highest BCUT2D eigenvalue weighted by atomic mass is 32.1. The predicted octanol–water partition coefficient (Wildman–Crippen LogP) is -6.23. The molecular formula is C79H114N20O19S2.